The van der Waals surface area contributed by atoms with Gasteiger partial charge in [-0.05, 0) is 77.9 Å². The summed E-state index contributed by atoms with van der Waals surface area (Å²) in [5.41, 5.74) is 12.9. The van der Waals surface area contributed by atoms with E-state index in [0.29, 0.717) is 11.9 Å². The molecule has 50 heavy (non-hydrogen) atoms. The van der Waals surface area contributed by atoms with Crippen molar-refractivity contribution in [3.8, 4) is 17.2 Å². The molecule has 5 aromatic rings. The van der Waals surface area contributed by atoms with Gasteiger partial charge >= 0.3 is 0 Å². The predicted molar refractivity (Wildman–Crippen MR) is 210 cm³/mol. The minimum atomic E-state index is -0.0266. The summed E-state index contributed by atoms with van der Waals surface area (Å²) in [5, 5.41) is 1.29. The zero-order valence-electron chi connectivity index (χ0n) is 29.3. The Hall–Kier alpha value is -4.67. The summed E-state index contributed by atoms with van der Waals surface area (Å²) in [7, 11) is 0. The van der Waals surface area contributed by atoms with Gasteiger partial charge in [0.15, 0.2) is 0 Å². The van der Waals surface area contributed by atoms with Gasteiger partial charge < -0.3 is 0 Å². The molecule has 0 N–H and O–H groups in total. The number of nitrogens with zero attached hydrogens (tertiary/aromatic N) is 3. The quantitative estimate of drug-likeness (QED) is 0.192. The van der Waals surface area contributed by atoms with Gasteiger partial charge in [-0.3, -0.25) is 4.57 Å². The monoisotopic (exact) mass is 667 g/mol. The third-order valence-corrected chi connectivity index (χ3v) is 14.8. The van der Waals surface area contributed by atoms with E-state index in [0.717, 1.165) is 23.2 Å². The molecule has 0 radical (unpaired) electrons. The van der Waals surface area contributed by atoms with E-state index in [-0.39, 0.29) is 26.2 Å². The summed E-state index contributed by atoms with van der Waals surface area (Å²) in [5.74, 6) is 1.40. The maximum atomic E-state index is 5.33. The van der Waals surface area contributed by atoms with Crippen molar-refractivity contribution in [1.29, 1.82) is 0 Å². The summed E-state index contributed by atoms with van der Waals surface area (Å²) in [6, 6.07) is 28.9. The Kier molecular flexibility index (Phi) is 6.16. The van der Waals surface area contributed by atoms with E-state index in [4.69, 9.17) is 9.97 Å². The fourth-order valence-corrected chi connectivity index (χ4v) is 12.1. The van der Waals surface area contributed by atoms with E-state index in [1.807, 2.05) is 6.20 Å². The molecule has 0 saturated carbocycles. The lowest BCUT2D eigenvalue weighted by molar-refractivity contribution is 0.267. The molecular formula is C46H41N3S. The maximum absolute atomic E-state index is 5.33. The van der Waals surface area contributed by atoms with Crippen molar-refractivity contribution in [3.63, 3.8) is 0 Å². The fourth-order valence-electron chi connectivity index (χ4n) is 10.1. The molecular weight excluding hydrogens is 627 g/mol. The molecule has 2 aromatic heterocycles. The second kappa shape index (κ2) is 10.2. The maximum Gasteiger partial charge on any atom is 0.235 e. The molecule has 3 aromatic carbocycles. The van der Waals surface area contributed by atoms with E-state index >= 15 is 0 Å². The van der Waals surface area contributed by atoms with Crippen LogP contribution in [0, 0.1) is 11.3 Å². The van der Waals surface area contributed by atoms with Crippen LogP contribution in [0.5, 0.6) is 0 Å². The van der Waals surface area contributed by atoms with Gasteiger partial charge in [0.25, 0.3) is 0 Å². The van der Waals surface area contributed by atoms with Gasteiger partial charge in [0, 0.05) is 49.3 Å². The molecule has 1 fully saturated rings. The molecule has 10 rings (SSSR count). The Morgan fingerprint density at radius 2 is 1.64 bits per heavy atom. The Bertz CT molecular complexity index is 2440. The molecule has 5 unspecified atom stereocenters. The predicted octanol–water partition coefficient (Wildman–Crippen LogP) is 11.1. The van der Waals surface area contributed by atoms with Crippen LogP contribution in [0.4, 0.5) is 0 Å². The van der Waals surface area contributed by atoms with Crippen molar-refractivity contribution in [1.82, 2.24) is 14.5 Å². The van der Waals surface area contributed by atoms with Crippen LogP contribution < -0.4 is 0 Å². The second-order valence-electron chi connectivity index (χ2n) is 15.9. The number of thioether (sulfide) groups is 1. The molecule has 1 saturated heterocycles. The normalized spacial score (nSPS) is 29.5. The first-order valence-corrected chi connectivity index (χ1v) is 18.8. The van der Waals surface area contributed by atoms with Gasteiger partial charge in [-0.2, -0.15) is 0 Å². The van der Waals surface area contributed by atoms with Crippen LogP contribution in [0.25, 0.3) is 39.8 Å². The van der Waals surface area contributed by atoms with E-state index in [2.05, 4.69) is 178 Å². The lowest BCUT2D eigenvalue weighted by atomic mass is 9.61. The van der Waals surface area contributed by atoms with Crippen molar-refractivity contribution in [2.45, 2.75) is 61.9 Å². The lowest BCUT2D eigenvalue weighted by Crippen LogP contribution is -2.38. The minimum absolute atomic E-state index is 0.0129. The third kappa shape index (κ3) is 3.89. The topological polar surface area (TPSA) is 30.7 Å². The molecule has 4 aliphatic carbocycles. The first-order valence-electron chi connectivity index (χ1n) is 18.0. The number of fused-ring (bicyclic) bond motifs is 9. The summed E-state index contributed by atoms with van der Waals surface area (Å²) < 4.78 is 2.35. The molecule has 0 spiro atoms. The first kappa shape index (κ1) is 30.2. The number of hydrogen-bond acceptors (Lipinski definition) is 3. The zero-order chi connectivity index (χ0) is 34.0. The largest absolute Gasteiger partial charge is 0.278 e. The molecule has 5 aliphatic rings. The first-order chi connectivity index (χ1) is 24.1. The molecule has 4 heteroatoms. The lowest BCUT2D eigenvalue weighted by Gasteiger charge is -2.42. The summed E-state index contributed by atoms with van der Waals surface area (Å²) in [4.78, 5) is 10.3. The van der Waals surface area contributed by atoms with E-state index in [9.17, 15) is 0 Å². The average molecular weight is 668 g/mol. The van der Waals surface area contributed by atoms with Gasteiger partial charge in [-0.15, -0.1) is 11.8 Å². The summed E-state index contributed by atoms with van der Waals surface area (Å²) in [6.45, 7) is 12.2. The third-order valence-electron chi connectivity index (χ3n) is 13.1. The molecule has 5 atom stereocenters. The van der Waals surface area contributed by atoms with Crippen LogP contribution in [0.1, 0.15) is 68.5 Å². The zero-order valence-corrected chi connectivity index (χ0v) is 30.1. The van der Waals surface area contributed by atoms with Crippen LogP contribution in [-0.4, -0.2) is 24.0 Å². The molecule has 0 bridgehead atoms. The van der Waals surface area contributed by atoms with E-state index in [1.54, 1.807) is 0 Å². The number of allylic oxidation sites excluding steroid dienone is 7. The highest BCUT2D eigenvalue weighted by atomic mass is 32.2. The number of benzene rings is 3. The van der Waals surface area contributed by atoms with E-state index < -0.39 is 0 Å². The highest BCUT2D eigenvalue weighted by molar-refractivity contribution is 8.02. The summed E-state index contributed by atoms with van der Waals surface area (Å²) >= 11 is 2.11. The van der Waals surface area contributed by atoms with Crippen LogP contribution in [0.15, 0.2) is 133 Å². The van der Waals surface area contributed by atoms with Crippen LogP contribution in [-0.2, 0) is 11.8 Å². The van der Waals surface area contributed by atoms with Crippen LogP contribution in [0.2, 0.25) is 0 Å². The number of aromatic nitrogens is 3. The van der Waals surface area contributed by atoms with Gasteiger partial charge in [0.05, 0.1) is 16.9 Å². The molecule has 3 heterocycles. The molecule has 0 amide bonds. The fraction of sp³-hybridized carbons (Fsp3) is 0.261. The minimum Gasteiger partial charge on any atom is -0.278 e. The SMILES string of the molecule is CC12C=CC=CC1C1=CC=CC(c3cccc(-c4ccnc(-n5c6c(c7ccccc75)CC5(C)C(=C6)c6ccccc6C5(C)C)n4)c3)C1(C)S2. The number of rotatable bonds is 3. The summed E-state index contributed by atoms with van der Waals surface area (Å²) in [6.07, 6.45) is 21.6. The Morgan fingerprint density at radius 1 is 0.820 bits per heavy atom. The molecule has 246 valence electrons. The van der Waals surface area contributed by atoms with Crippen molar-refractivity contribution in [2.75, 3.05) is 0 Å². The van der Waals surface area contributed by atoms with Crippen LogP contribution in [0.3, 0.4) is 0 Å². The van der Waals surface area contributed by atoms with Crippen LogP contribution >= 0.6 is 11.8 Å². The smallest absolute Gasteiger partial charge is 0.235 e. The second-order valence-corrected chi connectivity index (χ2v) is 17.9. The van der Waals surface area contributed by atoms with Crippen molar-refractivity contribution in [2.24, 2.45) is 11.3 Å². The van der Waals surface area contributed by atoms with Crippen molar-refractivity contribution >= 4 is 34.3 Å². The number of hydrogen-bond donors (Lipinski definition) is 0. The Balaban J connectivity index is 1.08. The highest BCUT2D eigenvalue weighted by Crippen LogP contribution is 2.65. The van der Waals surface area contributed by atoms with Gasteiger partial charge in [-0.1, -0.05) is 124 Å². The van der Waals surface area contributed by atoms with Crippen molar-refractivity contribution < 1.29 is 0 Å². The Morgan fingerprint density at radius 3 is 2.54 bits per heavy atom. The van der Waals surface area contributed by atoms with Crippen molar-refractivity contribution in [3.05, 3.63) is 161 Å². The van der Waals surface area contributed by atoms with Gasteiger partial charge in [-0.25, -0.2) is 9.97 Å². The average Bonchev–Trinajstić information content (AvgIpc) is 3.64. The Labute approximate surface area is 299 Å². The van der Waals surface area contributed by atoms with Gasteiger partial charge in [0.1, 0.15) is 0 Å². The standard InChI is InChI=1S/C46H41N3S/c1-43(2)35-18-8-6-17-32(35)38-27-41-33(28-44(38,43)3)31-16-7-9-22-40(31)49(41)42-47-25-23-39(48-42)30-15-12-14-29(26-30)34-20-13-21-37-36-19-10-11-24-45(36,4)50-46(34,37)5/h6-27,34,36H,28H2,1-5H3. The van der Waals surface area contributed by atoms with E-state index in [1.165, 1.54) is 44.5 Å². The van der Waals surface area contributed by atoms with Gasteiger partial charge in [0.2, 0.25) is 5.95 Å². The number of para-hydroxylation sites is 1. The molecule has 3 nitrogen and oxygen atoms in total. The highest BCUT2D eigenvalue weighted by Gasteiger charge is 2.56. The molecule has 1 aliphatic heterocycles.